The van der Waals surface area contributed by atoms with Gasteiger partial charge in [0.15, 0.2) is 0 Å². The van der Waals surface area contributed by atoms with Gasteiger partial charge in [-0.3, -0.25) is 14.3 Å². The second kappa shape index (κ2) is 5.61. The highest BCUT2D eigenvalue weighted by atomic mass is 32.2. The van der Waals surface area contributed by atoms with Crippen LogP contribution in [-0.4, -0.2) is 32.5 Å². The number of hydrogen-bond acceptors (Lipinski definition) is 4. The molecule has 0 saturated carbocycles. The number of amides is 1. The van der Waals surface area contributed by atoms with E-state index in [9.17, 15) is 9.59 Å². The molecule has 21 heavy (non-hydrogen) atoms. The first-order valence-corrected chi connectivity index (χ1v) is 7.39. The minimum atomic E-state index is -0.975. The van der Waals surface area contributed by atoms with E-state index in [4.69, 9.17) is 5.11 Å². The van der Waals surface area contributed by atoms with Crippen LogP contribution in [0.5, 0.6) is 0 Å². The summed E-state index contributed by atoms with van der Waals surface area (Å²) in [5.74, 6) is -0.539. The van der Waals surface area contributed by atoms with Gasteiger partial charge in [-0.1, -0.05) is 18.2 Å². The molecule has 6 nitrogen and oxygen atoms in total. The Morgan fingerprint density at radius 1 is 1.43 bits per heavy atom. The van der Waals surface area contributed by atoms with E-state index in [0.717, 1.165) is 10.5 Å². The lowest BCUT2D eigenvalue weighted by atomic mass is 10.0. The Kier molecular flexibility index (Phi) is 3.66. The van der Waals surface area contributed by atoms with Gasteiger partial charge in [0.1, 0.15) is 6.54 Å². The number of carboxylic acids is 1. The number of thioether (sulfide) groups is 1. The van der Waals surface area contributed by atoms with E-state index in [2.05, 4.69) is 10.4 Å². The molecule has 1 amide bonds. The Morgan fingerprint density at radius 3 is 3.05 bits per heavy atom. The van der Waals surface area contributed by atoms with Gasteiger partial charge in [0.2, 0.25) is 5.91 Å². The van der Waals surface area contributed by atoms with Crippen molar-refractivity contribution >= 4 is 29.3 Å². The van der Waals surface area contributed by atoms with Gasteiger partial charge in [-0.05, 0) is 11.6 Å². The molecule has 1 aromatic carbocycles. The average Bonchev–Trinajstić information content (AvgIpc) is 3.04. The molecule has 0 fully saturated rings. The van der Waals surface area contributed by atoms with Crippen LogP contribution in [-0.2, 0) is 16.1 Å². The van der Waals surface area contributed by atoms with Crippen LogP contribution in [0.15, 0.2) is 41.6 Å². The van der Waals surface area contributed by atoms with E-state index in [-0.39, 0.29) is 18.4 Å². The highest BCUT2D eigenvalue weighted by molar-refractivity contribution is 7.99. The first-order chi connectivity index (χ1) is 10.1. The van der Waals surface area contributed by atoms with Crippen LogP contribution in [0.25, 0.3) is 0 Å². The Hall–Kier alpha value is -2.28. The smallest absolute Gasteiger partial charge is 0.325 e. The van der Waals surface area contributed by atoms with Crippen LogP contribution in [0.4, 0.5) is 5.69 Å². The standard InChI is InChI=1S/C14H13N3O3S/c18-13(19)7-17-6-9(5-15-17)16-14(20)11-8-21-12-4-2-1-3-10(11)12/h1-6,11H,7-8H2,(H,16,20)(H,18,19). The van der Waals surface area contributed by atoms with Crippen LogP contribution in [0.2, 0.25) is 0 Å². The van der Waals surface area contributed by atoms with Gasteiger partial charge >= 0.3 is 5.97 Å². The average molecular weight is 303 g/mol. The van der Waals surface area contributed by atoms with Crippen LogP contribution < -0.4 is 5.32 Å². The number of rotatable bonds is 4. The molecule has 1 aromatic heterocycles. The SMILES string of the molecule is O=C(O)Cn1cc(NC(=O)C2CSc3ccccc32)cn1. The third-order valence-corrected chi connectivity index (χ3v) is 4.40. The predicted octanol–water partition coefficient (Wildman–Crippen LogP) is 1.80. The third-order valence-electron chi connectivity index (χ3n) is 3.21. The van der Waals surface area contributed by atoms with Crippen molar-refractivity contribution < 1.29 is 14.7 Å². The quantitative estimate of drug-likeness (QED) is 0.899. The second-order valence-electron chi connectivity index (χ2n) is 4.71. The van der Waals surface area contributed by atoms with Crippen molar-refractivity contribution in [2.24, 2.45) is 0 Å². The Bertz CT molecular complexity index is 698. The van der Waals surface area contributed by atoms with Gasteiger partial charge in [-0.15, -0.1) is 11.8 Å². The molecule has 0 saturated heterocycles. The lowest BCUT2D eigenvalue weighted by Gasteiger charge is -2.10. The number of aliphatic carboxylic acids is 1. The summed E-state index contributed by atoms with van der Waals surface area (Å²) in [5.41, 5.74) is 1.55. The van der Waals surface area contributed by atoms with E-state index in [0.29, 0.717) is 11.4 Å². The highest BCUT2D eigenvalue weighted by Crippen LogP contribution is 2.39. The zero-order chi connectivity index (χ0) is 14.8. The number of benzene rings is 1. The van der Waals surface area contributed by atoms with Gasteiger partial charge in [0.05, 0.1) is 17.8 Å². The fourth-order valence-corrected chi connectivity index (χ4v) is 3.49. The normalized spacial score (nSPS) is 16.5. The van der Waals surface area contributed by atoms with Crippen molar-refractivity contribution in [1.82, 2.24) is 9.78 Å². The number of hydrogen-bond donors (Lipinski definition) is 2. The van der Waals surface area contributed by atoms with Crippen LogP contribution in [0.3, 0.4) is 0 Å². The summed E-state index contributed by atoms with van der Waals surface area (Å²) < 4.78 is 1.27. The van der Waals surface area contributed by atoms with Gasteiger partial charge in [0, 0.05) is 16.8 Å². The lowest BCUT2D eigenvalue weighted by molar-refractivity contribution is -0.137. The zero-order valence-corrected chi connectivity index (χ0v) is 11.8. The third kappa shape index (κ3) is 2.92. The summed E-state index contributed by atoms with van der Waals surface area (Å²) in [7, 11) is 0. The van der Waals surface area contributed by atoms with Crippen molar-refractivity contribution in [3.8, 4) is 0 Å². The van der Waals surface area contributed by atoms with Gasteiger partial charge in [0.25, 0.3) is 0 Å². The number of carboxylic acid groups (broad SMARTS) is 1. The van der Waals surface area contributed by atoms with Crippen molar-refractivity contribution in [3.63, 3.8) is 0 Å². The van der Waals surface area contributed by atoms with Crippen LogP contribution >= 0.6 is 11.8 Å². The van der Waals surface area contributed by atoms with E-state index in [1.54, 1.807) is 11.8 Å². The molecule has 3 rings (SSSR count). The van der Waals surface area contributed by atoms with Crippen molar-refractivity contribution in [3.05, 3.63) is 42.2 Å². The largest absolute Gasteiger partial charge is 0.480 e. The minimum Gasteiger partial charge on any atom is -0.480 e. The second-order valence-corrected chi connectivity index (χ2v) is 5.77. The Labute approximate surface area is 125 Å². The van der Waals surface area contributed by atoms with Crippen molar-refractivity contribution in [1.29, 1.82) is 0 Å². The van der Waals surface area contributed by atoms with Crippen LogP contribution in [0.1, 0.15) is 11.5 Å². The number of carbonyl (C=O) groups excluding carboxylic acids is 1. The molecule has 1 unspecified atom stereocenters. The Balaban J connectivity index is 1.70. The first kappa shape index (κ1) is 13.7. The van der Waals surface area contributed by atoms with Gasteiger partial charge < -0.3 is 10.4 Å². The molecule has 2 aromatic rings. The molecule has 0 aliphatic carbocycles. The molecular formula is C14H13N3O3S. The first-order valence-electron chi connectivity index (χ1n) is 6.40. The minimum absolute atomic E-state index is 0.0951. The number of fused-ring (bicyclic) bond motifs is 1. The molecule has 2 heterocycles. The van der Waals surface area contributed by atoms with Crippen molar-refractivity contribution in [2.45, 2.75) is 17.4 Å². The molecule has 2 N–H and O–H groups in total. The maximum absolute atomic E-state index is 12.3. The summed E-state index contributed by atoms with van der Waals surface area (Å²) in [6.45, 7) is -0.224. The summed E-state index contributed by atoms with van der Waals surface area (Å²) in [6.07, 6.45) is 2.97. The van der Waals surface area contributed by atoms with Crippen LogP contribution in [0, 0.1) is 0 Å². The molecule has 0 spiro atoms. The summed E-state index contributed by atoms with van der Waals surface area (Å²) in [5, 5.41) is 15.4. The lowest BCUT2D eigenvalue weighted by Crippen LogP contribution is -2.20. The molecule has 7 heteroatoms. The molecule has 1 atom stereocenters. The number of anilines is 1. The number of carbonyl (C=O) groups is 2. The molecule has 0 bridgehead atoms. The molecule has 108 valence electrons. The van der Waals surface area contributed by atoms with Gasteiger partial charge in [-0.25, -0.2) is 0 Å². The fourth-order valence-electron chi connectivity index (χ4n) is 2.26. The molecule has 1 aliphatic rings. The summed E-state index contributed by atoms with van der Waals surface area (Å²) >= 11 is 1.67. The van der Waals surface area contributed by atoms with E-state index in [1.165, 1.54) is 17.1 Å². The summed E-state index contributed by atoms with van der Waals surface area (Å²) in [6, 6.07) is 7.86. The number of nitrogens with one attached hydrogen (secondary N) is 1. The summed E-state index contributed by atoms with van der Waals surface area (Å²) in [4.78, 5) is 24.1. The fraction of sp³-hybridized carbons (Fsp3) is 0.214. The molecular weight excluding hydrogens is 290 g/mol. The molecule has 0 radical (unpaired) electrons. The van der Waals surface area contributed by atoms with E-state index in [1.807, 2.05) is 24.3 Å². The number of nitrogens with zero attached hydrogens (tertiary/aromatic N) is 2. The van der Waals surface area contributed by atoms with Gasteiger partial charge in [-0.2, -0.15) is 5.10 Å². The zero-order valence-electron chi connectivity index (χ0n) is 11.0. The monoisotopic (exact) mass is 303 g/mol. The topological polar surface area (TPSA) is 84.2 Å². The van der Waals surface area contributed by atoms with E-state index < -0.39 is 5.97 Å². The Morgan fingerprint density at radius 2 is 2.24 bits per heavy atom. The van der Waals surface area contributed by atoms with Crippen molar-refractivity contribution in [2.75, 3.05) is 11.1 Å². The predicted molar refractivity (Wildman–Crippen MR) is 78.4 cm³/mol. The van der Waals surface area contributed by atoms with E-state index >= 15 is 0 Å². The maximum Gasteiger partial charge on any atom is 0.325 e. The molecule has 1 aliphatic heterocycles. The highest BCUT2D eigenvalue weighted by Gasteiger charge is 2.29. The number of aromatic nitrogens is 2. The maximum atomic E-state index is 12.3.